The summed E-state index contributed by atoms with van der Waals surface area (Å²) in [5.74, 6) is 0. The van der Waals surface area contributed by atoms with Crippen LogP contribution in [0.1, 0.15) is 51.2 Å². The summed E-state index contributed by atoms with van der Waals surface area (Å²) in [7, 11) is 0. The average molecular weight is 549 g/mol. The fourth-order valence-corrected chi connectivity index (χ4v) is 8.24. The topological polar surface area (TPSA) is 106 Å². The molecule has 3 unspecified atom stereocenters. The molecule has 0 saturated carbocycles. The molecule has 4 aromatic rings. The summed E-state index contributed by atoms with van der Waals surface area (Å²) < 4.78 is 8.90. The molecule has 3 atom stereocenters. The van der Waals surface area contributed by atoms with E-state index in [1.54, 1.807) is 28.0 Å². The first-order valence-corrected chi connectivity index (χ1v) is 14.9. The molecule has 7 rings (SSSR count). The van der Waals surface area contributed by atoms with E-state index in [0.717, 1.165) is 89.2 Å². The van der Waals surface area contributed by atoms with Gasteiger partial charge in [-0.2, -0.15) is 5.10 Å². The second-order valence-electron chi connectivity index (χ2n) is 10.3. The number of benzene rings is 1. The van der Waals surface area contributed by atoms with Crippen LogP contribution < -0.4 is 0 Å². The van der Waals surface area contributed by atoms with E-state index in [0.29, 0.717) is 5.25 Å². The Kier molecular flexibility index (Phi) is 6.29. The zero-order chi connectivity index (χ0) is 25.6. The SMILES string of the molecule is O=C(O)N1C2CCC1CC(Sc1ccc(-c3ccc(-c4cnn(C5CCCCO5)c4)c4ncsc34)nn1)C2. The highest BCUT2D eigenvalue weighted by Gasteiger charge is 2.43. The molecule has 196 valence electrons. The first-order chi connectivity index (χ1) is 18.6. The first kappa shape index (κ1) is 24.1. The molecule has 11 heteroatoms. The number of fused-ring (bicyclic) bond motifs is 3. The molecule has 38 heavy (non-hydrogen) atoms. The van der Waals surface area contributed by atoms with Crippen molar-refractivity contribution in [2.75, 3.05) is 6.61 Å². The lowest BCUT2D eigenvalue weighted by atomic mass is 10.0. The van der Waals surface area contributed by atoms with Crippen LogP contribution in [0.25, 0.3) is 32.6 Å². The fraction of sp³-hybridized carbons (Fsp3) is 0.444. The van der Waals surface area contributed by atoms with E-state index in [1.165, 1.54) is 0 Å². The van der Waals surface area contributed by atoms with Crippen molar-refractivity contribution in [1.29, 1.82) is 0 Å². The van der Waals surface area contributed by atoms with Crippen molar-refractivity contribution < 1.29 is 14.6 Å². The highest BCUT2D eigenvalue weighted by Crippen LogP contribution is 2.42. The van der Waals surface area contributed by atoms with Crippen molar-refractivity contribution in [3.8, 4) is 22.4 Å². The molecule has 9 nitrogen and oxygen atoms in total. The molecule has 3 saturated heterocycles. The van der Waals surface area contributed by atoms with E-state index in [-0.39, 0.29) is 18.3 Å². The summed E-state index contributed by atoms with van der Waals surface area (Å²) >= 11 is 3.33. The maximum Gasteiger partial charge on any atom is 0.407 e. The van der Waals surface area contributed by atoms with Crippen LogP contribution in [0.15, 0.2) is 47.2 Å². The zero-order valence-corrected chi connectivity index (χ0v) is 22.4. The molecular formula is C27H28N6O3S2. The van der Waals surface area contributed by atoms with Crippen molar-refractivity contribution in [1.82, 2.24) is 29.9 Å². The Morgan fingerprint density at radius 2 is 1.89 bits per heavy atom. The van der Waals surface area contributed by atoms with Crippen LogP contribution >= 0.6 is 23.1 Å². The Morgan fingerprint density at radius 1 is 1.05 bits per heavy atom. The van der Waals surface area contributed by atoms with Crippen LogP contribution in [0.2, 0.25) is 0 Å². The lowest BCUT2D eigenvalue weighted by Gasteiger charge is -2.36. The van der Waals surface area contributed by atoms with Crippen molar-refractivity contribution in [2.45, 2.75) is 73.5 Å². The zero-order valence-electron chi connectivity index (χ0n) is 20.8. The first-order valence-electron chi connectivity index (χ1n) is 13.2. The largest absolute Gasteiger partial charge is 0.465 e. The Balaban J connectivity index is 1.09. The van der Waals surface area contributed by atoms with E-state index in [2.05, 4.69) is 38.6 Å². The maximum absolute atomic E-state index is 11.6. The number of thioether (sulfide) groups is 1. The summed E-state index contributed by atoms with van der Waals surface area (Å²) in [6, 6.07) is 8.53. The number of hydrogen-bond acceptors (Lipinski definition) is 8. The van der Waals surface area contributed by atoms with Crippen molar-refractivity contribution >= 4 is 39.4 Å². The van der Waals surface area contributed by atoms with Gasteiger partial charge < -0.3 is 14.7 Å². The average Bonchev–Trinajstić information content (AvgIpc) is 3.68. The third-order valence-electron chi connectivity index (χ3n) is 7.96. The molecule has 3 aliphatic heterocycles. The number of thiazole rings is 1. The molecule has 3 aromatic heterocycles. The van der Waals surface area contributed by atoms with Crippen LogP contribution in [0, 0.1) is 0 Å². The fourth-order valence-electron chi connectivity index (χ4n) is 6.18. The summed E-state index contributed by atoms with van der Waals surface area (Å²) in [4.78, 5) is 17.9. The number of piperidine rings is 1. The van der Waals surface area contributed by atoms with E-state index in [1.807, 2.05) is 28.5 Å². The van der Waals surface area contributed by atoms with Crippen LogP contribution in [0.5, 0.6) is 0 Å². The van der Waals surface area contributed by atoms with E-state index >= 15 is 0 Å². The molecule has 1 aromatic carbocycles. The molecular weight excluding hydrogens is 520 g/mol. The van der Waals surface area contributed by atoms with Gasteiger partial charge in [-0.15, -0.1) is 33.3 Å². The van der Waals surface area contributed by atoms with Gasteiger partial charge in [-0.1, -0.05) is 12.1 Å². The van der Waals surface area contributed by atoms with Crippen molar-refractivity contribution in [3.63, 3.8) is 0 Å². The number of rotatable bonds is 5. The smallest absolute Gasteiger partial charge is 0.407 e. The summed E-state index contributed by atoms with van der Waals surface area (Å²) in [6.45, 7) is 0.786. The molecule has 0 spiro atoms. The van der Waals surface area contributed by atoms with Crippen molar-refractivity contribution in [2.24, 2.45) is 0 Å². The Morgan fingerprint density at radius 3 is 2.63 bits per heavy atom. The van der Waals surface area contributed by atoms with Crippen LogP contribution in [-0.2, 0) is 4.74 Å². The highest BCUT2D eigenvalue weighted by atomic mass is 32.2. The number of carboxylic acid groups (broad SMARTS) is 1. The predicted molar refractivity (Wildman–Crippen MR) is 146 cm³/mol. The van der Waals surface area contributed by atoms with E-state index in [9.17, 15) is 9.90 Å². The molecule has 1 amide bonds. The Labute approximate surface area is 228 Å². The number of nitrogens with zero attached hydrogens (tertiary/aromatic N) is 6. The van der Waals surface area contributed by atoms with Gasteiger partial charge in [0.05, 0.1) is 27.6 Å². The highest BCUT2D eigenvalue weighted by molar-refractivity contribution is 7.99. The molecule has 1 N–H and O–H groups in total. The third-order valence-corrected chi connectivity index (χ3v) is 10.00. The maximum atomic E-state index is 11.6. The van der Waals surface area contributed by atoms with Crippen LogP contribution in [0.4, 0.5) is 4.79 Å². The minimum absolute atomic E-state index is 0.00855. The molecule has 3 aliphatic rings. The third kappa shape index (κ3) is 4.36. The van der Waals surface area contributed by atoms with Gasteiger partial charge in [0.1, 0.15) is 11.3 Å². The molecule has 6 heterocycles. The quantitative estimate of drug-likeness (QED) is 0.320. The van der Waals surface area contributed by atoms with Crippen LogP contribution in [-0.4, -0.2) is 65.0 Å². The molecule has 0 aliphatic carbocycles. The number of hydrogen-bond donors (Lipinski definition) is 1. The normalized spacial score (nSPS) is 25.2. The van der Waals surface area contributed by atoms with Gasteiger partial charge in [-0.05, 0) is 57.1 Å². The summed E-state index contributed by atoms with van der Waals surface area (Å²) in [5.41, 5.74) is 6.74. The Bertz CT molecular complexity index is 1450. The van der Waals surface area contributed by atoms with E-state index in [4.69, 9.17) is 4.74 Å². The van der Waals surface area contributed by atoms with Crippen molar-refractivity contribution in [3.05, 3.63) is 42.2 Å². The number of amides is 1. The van der Waals surface area contributed by atoms with Crippen LogP contribution in [0.3, 0.4) is 0 Å². The van der Waals surface area contributed by atoms with Gasteiger partial charge in [-0.3, -0.25) is 0 Å². The summed E-state index contributed by atoms with van der Waals surface area (Å²) in [6.07, 6.45) is 10.1. The lowest BCUT2D eigenvalue weighted by molar-refractivity contribution is -0.0394. The van der Waals surface area contributed by atoms with Gasteiger partial charge in [0.15, 0.2) is 0 Å². The van der Waals surface area contributed by atoms with Gasteiger partial charge in [0.25, 0.3) is 0 Å². The van der Waals surface area contributed by atoms with Gasteiger partial charge in [0.2, 0.25) is 0 Å². The summed E-state index contributed by atoms with van der Waals surface area (Å²) in [5, 5.41) is 24.5. The second-order valence-corrected chi connectivity index (χ2v) is 12.4. The standard InChI is InChI=1S/C27H28N6O3S2/c34-27(35)33-17-4-5-18(33)12-19(11-17)38-23-9-8-22(30-31-23)21-7-6-20(25-26(21)37-15-28-25)16-13-29-32(14-16)24-3-1-2-10-36-24/h6-9,13-15,17-19,24H,1-5,10-12H2,(H,34,35). The van der Waals surface area contributed by atoms with Gasteiger partial charge in [-0.25, -0.2) is 14.5 Å². The van der Waals surface area contributed by atoms with Gasteiger partial charge >= 0.3 is 6.09 Å². The van der Waals surface area contributed by atoms with Gasteiger partial charge in [0, 0.05) is 46.8 Å². The van der Waals surface area contributed by atoms with E-state index < -0.39 is 6.09 Å². The molecule has 0 radical (unpaired) electrons. The molecule has 2 bridgehead atoms. The predicted octanol–water partition coefficient (Wildman–Crippen LogP) is 6.08. The monoisotopic (exact) mass is 548 g/mol. The number of ether oxygens (including phenoxy) is 1. The lowest BCUT2D eigenvalue weighted by Crippen LogP contribution is -2.46. The minimum Gasteiger partial charge on any atom is -0.465 e. The number of carbonyl (C=O) groups is 1. The second kappa shape index (κ2) is 9.94. The molecule has 3 fully saturated rings. The number of aromatic nitrogens is 5. The minimum atomic E-state index is -0.780. The Hall–Kier alpha value is -3.02.